The summed E-state index contributed by atoms with van der Waals surface area (Å²) in [6.45, 7) is 2.55. The van der Waals surface area contributed by atoms with Gasteiger partial charge in [0.2, 0.25) is 11.7 Å². The topological polar surface area (TPSA) is 148 Å². The van der Waals surface area contributed by atoms with E-state index in [4.69, 9.17) is 9.66 Å². The number of nitrogens with two attached hydrogens (primary N) is 1. The summed E-state index contributed by atoms with van der Waals surface area (Å²) in [5.41, 5.74) is 0.757. The highest BCUT2D eigenvalue weighted by Gasteiger charge is 2.28. The Bertz CT molecular complexity index is 862. The number of pyridine rings is 1. The van der Waals surface area contributed by atoms with E-state index in [-0.39, 0.29) is 38.1 Å². The molecule has 11 nitrogen and oxygen atoms in total. The number of urea groups is 1. The molecule has 3 N–H and O–H groups in total. The van der Waals surface area contributed by atoms with Crippen molar-refractivity contribution in [2.24, 2.45) is 5.14 Å². The molecule has 12 heteroatoms. The van der Waals surface area contributed by atoms with E-state index in [1.165, 1.54) is 4.90 Å². The van der Waals surface area contributed by atoms with Crippen molar-refractivity contribution >= 4 is 16.2 Å². The van der Waals surface area contributed by atoms with E-state index >= 15 is 0 Å². The van der Waals surface area contributed by atoms with E-state index in [0.717, 1.165) is 9.87 Å². The van der Waals surface area contributed by atoms with E-state index in [2.05, 4.69) is 20.4 Å². The van der Waals surface area contributed by atoms with Gasteiger partial charge in [-0.3, -0.25) is 4.98 Å². The van der Waals surface area contributed by atoms with Gasteiger partial charge in [0.25, 0.3) is 10.2 Å². The number of nitrogens with zero attached hydrogens (tertiary/aromatic N) is 5. The molecule has 0 saturated carbocycles. The van der Waals surface area contributed by atoms with Crippen molar-refractivity contribution in [3.8, 4) is 11.4 Å². The number of piperazine rings is 1. The van der Waals surface area contributed by atoms with Crippen LogP contribution in [-0.2, 0) is 10.2 Å². The Morgan fingerprint density at radius 1 is 1.27 bits per heavy atom. The van der Waals surface area contributed by atoms with Crippen molar-refractivity contribution in [1.29, 1.82) is 0 Å². The van der Waals surface area contributed by atoms with E-state index in [1.807, 2.05) is 0 Å². The molecule has 3 heterocycles. The maximum atomic E-state index is 12.3. The predicted octanol–water partition coefficient (Wildman–Crippen LogP) is -0.277. The zero-order chi connectivity index (χ0) is 18.7. The Labute approximate surface area is 150 Å². The molecule has 1 aliphatic rings. The van der Waals surface area contributed by atoms with E-state index in [0.29, 0.717) is 5.82 Å². The second kappa shape index (κ2) is 7.35. The van der Waals surface area contributed by atoms with Gasteiger partial charge in [-0.2, -0.15) is 17.7 Å². The van der Waals surface area contributed by atoms with E-state index in [9.17, 15) is 13.2 Å². The SMILES string of the molecule is C[C@@H](NC(=O)N1CCN(S(N)(=O)=O)CC1)c1nc(-c2ccncc2)no1. The van der Waals surface area contributed by atoms with Gasteiger partial charge >= 0.3 is 6.03 Å². The maximum Gasteiger partial charge on any atom is 0.318 e. The third-order valence-corrected chi connectivity index (χ3v) is 5.06. The molecule has 2 amide bonds. The van der Waals surface area contributed by atoms with Gasteiger partial charge in [0.1, 0.15) is 6.04 Å². The molecule has 0 bridgehead atoms. The fourth-order valence-corrected chi connectivity index (χ4v) is 3.19. The van der Waals surface area contributed by atoms with Crippen molar-refractivity contribution in [2.75, 3.05) is 26.2 Å². The minimum atomic E-state index is -3.73. The van der Waals surface area contributed by atoms with Crippen LogP contribution >= 0.6 is 0 Å². The number of hydrogen-bond acceptors (Lipinski definition) is 7. The molecule has 2 aromatic rings. The van der Waals surface area contributed by atoms with Crippen molar-refractivity contribution in [3.05, 3.63) is 30.4 Å². The van der Waals surface area contributed by atoms with Gasteiger partial charge in [-0.05, 0) is 19.1 Å². The maximum absolute atomic E-state index is 12.3. The molecule has 2 aromatic heterocycles. The van der Waals surface area contributed by atoms with Crippen LogP contribution in [0, 0.1) is 0 Å². The fourth-order valence-electron chi connectivity index (χ4n) is 2.51. The molecule has 140 valence electrons. The second-order valence-corrected chi connectivity index (χ2v) is 7.34. The lowest BCUT2D eigenvalue weighted by molar-refractivity contribution is 0.167. The van der Waals surface area contributed by atoms with Crippen molar-refractivity contribution in [3.63, 3.8) is 0 Å². The number of hydrogen-bond donors (Lipinski definition) is 2. The third kappa shape index (κ3) is 4.15. The number of carbonyl (C=O) groups excluding carboxylic acids is 1. The average molecular weight is 381 g/mol. The Balaban J connectivity index is 1.58. The summed E-state index contributed by atoms with van der Waals surface area (Å²) in [5, 5.41) is 11.7. The van der Waals surface area contributed by atoms with Crippen LogP contribution in [0.2, 0.25) is 0 Å². The molecule has 26 heavy (non-hydrogen) atoms. The number of carbonyl (C=O) groups is 1. The number of aromatic nitrogens is 3. The lowest BCUT2D eigenvalue weighted by Crippen LogP contribution is -2.54. The Kier molecular flexibility index (Phi) is 5.15. The summed E-state index contributed by atoms with van der Waals surface area (Å²) < 4.78 is 28.9. The molecule has 3 rings (SSSR count). The van der Waals surface area contributed by atoms with Gasteiger partial charge in [-0.25, -0.2) is 9.93 Å². The monoisotopic (exact) mass is 381 g/mol. The number of amides is 2. The molecule has 0 spiro atoms. The smallest absolute Gasteiger partial charge is 0.318 e. The van der Waals surface area contributed by atoms with Crippen LogP contribution in [0.25, 0.3) is 11.4 Å². The minimum absolute atomic E-state index is 0.160. The molecule has 1 aliphatic heterocycles. The molecule has 1 saturated heterocycles. The van der Waals surface area contributed by atoms with Crippen LogP contribution in [0.3, 0.4) is 0 Å². The number of rotatable bonds is 4. The molecule has 1 fully saturated rings. The standard InChI is InChI=1S/C14H19N7O4S/c1-10(13-18-12(19-25-13)11-2-4-16-5-3-11)17-14(22)20-6-8-21(9-7-20)26(15,23)24/h2-5,10H,6-9H2,1H3,(H,17,22)(H2,15,23,24)/t10-/m1/s1. The van der Waals surface area contributed by atoms with E-state index < -0.39 is 16.3 Å². The molecule has 0 aliphatic carbocycles. The summed E-state index contributed by atoms with van der Waals surface area (Å²) in [4.78, 5) is 22.1. The van der Waals surface area contributed by atoms with Crippen LogP contribution in [0.5, 0.6) is 0 Å². The summed E-state index contributed by atoms with van der Waals surface area (Å²) >= 11 is 0. The van der Waals surface area contributed by atoms with Gasteiger partial charge in [0.15, 0.2) is 0 Å². The van der Waals surface area contributed by atoms with E-state index in [1.54, 1.807) is 31.5 Å². The fraction of sp³-hybridized carbons (Fsp3) is 0.429. The average Bonchev–Trinajstić information content (AvgIpc) is 3.12. The summed E-state index contributed by atoms with van der Waals surface area (Å²) in [6, 6.07) is 2.67. The molecule has 1 atom stereocenters. The molecule has 0 aromatic carbocycles. The number of nitrogens with one attached hydrogen (secondary N) is 1. The van der Waals surface area contributed by atoms with Gasteiger partial charge in [0, 0.05) is 44.1 Å². The highest BCUT2D eigenvalue weighted by Crippen LogP contribution is 2.18. The van der Waals surface area contributed by atoms with Crippen molar-refractivity contribution < 1.29 is 17.7 Å². The largest absolute Gasteiger partial charge is 0.337 e. The lowest BCUT2D eigenvalue weighted by Gasteiger charge is -2.33. The Morgan fingerprint density at radius 3 is 2.54 bits per heavy atom. The summed E-state index contributed by atoms with van der Waals surface area (Å²) in [5.74, 6) is 0.679. The first-order valence-electron chi connectivity index (χ1n) is 7.92. The molecule has 0 radical (unpaired) electrons. The Morgan fingerprint density at radius 2 is 1.92 bits per heavy atom. The highest BCUT2D eigenvalue weighted by molar-refractivity contribution is 7.86. The van der Waals surface area contributed by atoms with Gasteiger partial charge in [-0.1, -0.05) is 5.16 Å². The van der Waals surface area contributed by atoms with Crippen molar-refractivity contribution in [2.45, 2.75) is 13.0 Å². The molecule has 0 unspecified atom stereocenters. The van der Waals surface area contributed by atoms with Gasteiger partial charge < -0.3 is 14.7 Å². The first-order valence-corrected chi connectivity index (χ1v) is 9.42. The van der Waals surface area contributed by atoms with Crippen LogP contribution in [0.15, 0.2) is 29.0 Å². The zero-order valence-electron chi connectivity index (χ0n) is 14.1. The first kappa shape index (κ1) is 18.2. The molecular weight excluding hydrogens is 362 g/mol. The van der Waals surface area contributed by atoms with Crippen LogP contribution in [0.1, 0.15) is 18.9 Å². The van der Waals surface area contributed by atoms with Crippen molar-refractivity contribution in [1.82, 2.24) is 29.6 Å². The summed E-state index contributed by atoms with van der Waals surface area (Å²) in [7, 11) is -3.73. The van der Waals surface area contributed by atoms with Crippen LogP contribution < -0.4 is 10.5 Å². The first-order chi connectivity index (χ1) is 12.3. The minimum Gasteiger partial charge on any atom is -0.337 e. The van der Waals surface area contributed by atoms with Crippen LogP contribution in [-0.4, -0.2) is 65.0 Å². The second-order valence-electron chi connectivity index (χ2n) is 5.79. The zero-order valence-corrected chi connectivity index (χ0v) is 14.9. The third-order valence-electron chi connectivity index (χ3n) is 3.98. The predicted molar refractivity (Wildman–Crippen MR) is 90.7 cm³/mol. The van der Waals surface area contributed by atoms with Crippen LogP contribution in [0.4, 0.5) is 4.79 Å². The summed E-state index contributed by atoms with van der Waals surface area (Å²) in [6.07, 6.45) is 3.25. The lowest BCUT2D eigenvalue weighted by atomic mass is 10.2. The normalized spacial score (nSPS) is 17.1. The Hall–Kier alpha value is -2.57. The quantitative estimate of drug-likeness (QED) is 0.740. The molecular formula is C14H19N7O4S. The van der Waals surface area contributed by atoms with Gasteiger partial charge in [0.05, 0.1) is 0 Å². The van der Waals surface area contributed by atoms with Gasteiger partial charge in [-0.15, -0.1) is 0 Å². The highest BCUT2D eigenvalue weighted by atomic mass is 32.2.